The van der Waals surface area contributed by atoms with Crippen LogP contribution in [0.4, 0.5) is 0 Å². The number of carbonyl (C=O) groups excluding carboxylic acids is 2. The van der Waals surface area contributed by atoms with Crippen molar-refractivity contribution in [3.05, 3.63) is 30.1 Å². The molecule has 1 aliphatic rings. The number of amides is 2. The molecule has 1 aliphatic heterocycles. The monoisotopic (exact) mass is 246 g/mol. The van der Waals surface area contributed by atoms with Gasteiger partial charge in [-0.15, -0.1) is 0 Å². The smallest absolute Gasteiger partial charge is 0.267 e. The molecular weight excluding hydrogens is 232 g/mol. The Hall–Kier alpha value is -2.24. The first kappa shape index (κ1) is 12.2. The zero-order chi connectivity index (χ0) is 13.0. The zero-order valence-corrected chi connectivity index (χ0v) is 10.0. The number of rotatable bonds is 3. The Balaban J connectivity index is 1.98. The van der Waals surface area contributed by atoms with Crippen molar-refractivity contribution in [2.75, 3.05) is 0 Å². The lowest BCUT2D eigenvalue weighted by molar-refractivity contribution is -0.121. The molecule has 0 aromatic carbocycles. The number of hydrogen-bond acceptors (Lipinski definition) is 4. The average molecular weight is 246 g/mol. The molecule has 2 N–H and O–H groups in total. The van der Waals surface area contributed by atoms with Gasteiger partial charge in [0.15, 0.2) is 0 Å². The van der Waals surface area contributed by atoms with Crippen molar-refractivity contribution in [3.63, 3.8) is 0 Å². The van der Waals surface area contributed by atoms with Gasteiger partial charge in [0.25, 0.3) is 5.91 Å². The van der Waals surface area contributed by atoms with Gasteiger partial charge in [0.2, 0.25) is 5.91 Å². The van der Waals surface area contributed by atoms with Crippen LogP contribution in [0.3, 0.4) is 0 Å². The molecule has 2 rings (SSSR count). The largest absolute Gasteiger partial charge is 0.344 e. The molecule has 1 atom stereocenters. The van der Waals surface area contributed by atoms with Crippen molar-refractivity contribution in [2.24, 2.45) is 5.10 Å². The van der Waals surface area contributed by atoms with Crippen LogP contribution in [0.2, 0.25) is 0 Å². The number of hydrazone groups is 1. The van der Waals surface area contributed by atoms with E-state index in [-0.39, 0.29) is 17.9 Å². The molecule has 6 nitrogen and oxygen atoms in total. The van der Waals surface area contributed by atoms with Crippen LogP contribution in [0.1, 0.15) is 31.4 Å². The molecule has 0 radical (unpaired) electrons. The highest BCUT2D eigenvalue weighted by Crippen LogP contribution is 2.10. The van der Waals surface area contributed by atoms with Gasteiger partial charge in [-0.2, -0.15) is 5.10 Å². The van der Waals surface area contributed by atoms with Crippen molar-refractivity contribution >= 4 is 17.5 Å². The molecule has 0 bridgehead atoms. The first-order valence-corrected chi connectivity index (χ1v) is 5.73. The highest BCUT2D eigenvalue weighted by atomic mass is 16.2. The van der Waals surface area contributed by atoms with E-state index in [1.165, 1.54) is 0 Å². The van der Waals surface area contributed by atoms with E-state index in [9.17, 15) is 9.59 Å². The first-order valence-electron chi connectivity index (χ1n) is 5.73. The summed E-state index contributed by atoms with van der Waals surface area (Å²) in [4.78, 5) is 26.8. The average Bonchev–Trinajstić information content (AvgIpc) is 2.40. The minimum atomic E-state index is -0.258. The SMILES string of the molecule is CC(NC(=O)C1=NNC(=O)CC1)c1cccnc1. The third-order valence-electron chi connectivity index (χ3n) is 2.70. The number of aromatic nitrogens is 1. The van der Waals surface area contributed by atoms with Gasteiger partial charge >= 0.3 is 0 Å². The summed E-state index contributed by atoms with van der Waals surface area (Å²) in [6, 6.07) is 3.56. The number of carbonyl (C=O) groups is 2. The van der Waals surface area contributed by atoms with E-state index in [0.29, 0.717) is 18.6 Å². The van der Waals surface area contributed by atoms with E-state index in [2.05, 4.69) is 20.8 Å². The molecule has 0 saturated heterocycles. The fourth-order valence-corrected chi connectivity index (χ4v) is 1.63. The van der Waals surface area contributed by atoms with Crippen LogP contribution in [0, 0.1) is 0 Å². The Bertz CT molecular complexity index is 484. The lowest BCUT2D eigenvalue weighted by atomic mass is 10.1. The molecule has 18 heavy (non-hydrogen) atoms. The second kappa shape index (κ2) is 5.39. The Labute approximate surface area is 104 Å². The van der Waals surface area contributed by atoms with Gasteiger partial charge in [-0.05, 0) is 18.6 Å². The fourth-order valence-electron chi connectivity index (χ4n) is 1.63. The van der Waals surface area contributed by atoms with Crippen molar-refractivity contribution in [3.8, 4) is 0 Å². The zero-order valence-electron chi connectivity index (χ0n) is 10.0. The van der Waals surface area contributed by atoms with Crippen LogP contribution in [0.15, 0.2) is 29.6 Å². The minimum absolute atomic E-state index is 0.147. The van der Waals surface area contributed by atoms with Gasteiger partial charge in [0.05, 0.1) is 6.04 Å². The molecule has 2 amide bonds. The molecule has 0 saturated carbocycles. The summed E-state index contributed by atoms with van der Waals surface area (Å²) in [6.45, 7) is 1.87. The number of pyridine rings is 1. The Kier molecular flexibility index (Phi) is 3.66. The second-order valence-electron chi connectivity index (χ2n) is 4.07. The van der Waals surface area contributed by atoms with Gasteiger partial charge in [0.1, 0.15) is 5.71 Å². The van der Waals surface area contributed by atoms with Crippen LogP contribution < -0.4 is 10.7 Å². The summed E-state index contributed by atoms with van der Waals surface area (Å²) < 4.78 is 0. The molecule has 0 spiro atoms. The quantitative estimate of drug-likeness (QED) is 0.815. The molecular formula is C12H14N4O2. The summed E-state index contributed by atoms with van der Waals surface area (Å²) in [5.41, 5.74) is 3.58. The molecule has 1 aromatic rings. The molecule has 1 aromatic heterocycles. The van der Waals surface area contributed by atoms with E-state index in [4.69, 9.17) is 0 Å². The molecule has 94 valence electrons. The van der Waals surface area contributed by atoms with E-state index in [1.54, 1.807) is 12.4 Å². The molecule has 0 aliphatic carbocycles. The fraction of sp³-hybridized carbons (Fsp3) is 0.333. The standard InChI is InChI=1S/C12H14N4O2/c1-8(9-3-2-6-13-7-9)14-12(18)10-4-5-11(17)16-15-10/h2-3,6-8H,4-5H2,1H3,(H,14,18)(H,16,17). The van der Waals surface area contributed by atoms with Crippen molar-refractivity contribution in [1.82, 2.24) is 15.7 Å². The Morgan fingerprint density at radius 1 is 1.50 bits per heavy atom. The number of hydrogen-bond donors (Lipinski definition) is 2. The molecule has 1 unspecified atom stereocenters. The summed E-state index contributed by atoms with van der Waals surface area (Å²) in [6.07, 6.45) is 4.05. The van der Waals surface area contributed by atoms with Crippen LogP contribution in [-0.2, 0) is 9.59 Å². The van der Waals surface area contributed by atoms with Crippen molar-refractivity contribution in [1.29, 1.82) is 0 Å². The van der Waals surface area contributed by atoms with E-state index >= 15 is 0 Å². The predicted molar refractivity (Wildman–Crippen MR) is 65.6 cm³/mol. The summed E-state index contributed by atoms with van der Waals surface area (Å²) in [5.74, 6) is -0.418. The van der Waals surface area contributed by atoms with Crippen molar-refractivity contribution in [2.45, 2.75) is 25.8 Å². The first-order chi connectivity index (χ1) is 8.66. The second-order valence-corrected chi connectivity index (χ2v) is 4.07. The van der Waals surface area contributed by atoms with Gasteiger partial charge < -0.3 is 5.32 Å². The summed E-state index contributed by atoms with van der Waals surface area (Å²) >= 11 is 0. The van der Waals surface area contributed by atoms with E-state index < -0.39 is 0 Å². The van der Waals surface area contributed by atoms with Crippen LogP contribution in [-0.4, -0.2) is 22.5 Å². The van der Waals surface area contributed by atoms with Gasteiger partial charge in [-0.1, -0.05) is 6.07 Å². The maximum absolute atomic E-state index is 11.9. The van der Waals surface area contributed by atoms with Crippen molar-refractivity contribution < 1.29 is 9.59 Å². The third kappa shape index (κ3) is 2.91. The number of nitrogens with zero attached hydrogens (tertiary/aromatic N) is 2. The summed E-state index contributed by atoms with van der Waals surface area (Å²) in [7, 11) is 0. The molecule has 6 heteroatoms. The predicted octanol–water partition coefficient (Wildman–Crippen LogP) is 0.525. The van der Waals surface area contributed by atoms with Crippen LogP contribution in [0.5, 0.6) is 0 Å². The lowest BCUT2D eigenvalue weighted by Gasteiger charge is -2.16. The molecule has 2 heterocycles. The third-order valence-corrected chi connectivity index (χ3v) is 2.70. The summed E-state index contributed by atoms with van der Waals surface area (Å²) in [5, 5.41) is 6.57. The number of nitrogens with one attached hydrogen (secondary N) is 2. The van der Waals surface area contributed by atoms with Gasteiger partial charge in [0, 0.05) is 25.2 Å². The van der Waals surface area contributed by atoms with Gasteiger partial charge in [-0.25, -0.2) is 5.43 Å². The maximum atomic E-state index is 11.9. The van der Waals surface area contributed by atoms with E-state index in [1.807, 2.05) is 19.1 Å². The highest BCUT2D eigenvalue weighted by molar-refractivity contribution is 6.39. The topological polar surface area (TPSA) is 83.5 Å². The lowest BCUT2D eigenvalue weighted by Crippen LogP contribution is -2.37. The van der Waals surface area contributed by atoms with E-state index in [0.717, 1.165) is 5.56 Å². The normalized spacial score (nSPS) is 16.5. The van der Waals surface area contributed by atoms with Crippen LogP contribution in [0.25, 0.3) is 0 Å². The Morgan fingerprint density at radius 2 is 2.33 bits per heavy atom. The van der Waals surface area contributed by atoms with Gasteiger partial charge in [-0.3, -0.25) is 14.6 Å². The minimum Gasteiger partial charge on any atom is -0.344 e. The highest BCUT2D eigenvalue weighted by Gasteiger charge is 2.19. The van der Waals surface area contributed by atoms with Crippen LogP contribution >= 0.6 is 0 Å². The Morgan fingerprint density at radius 3 is 2.94 bits per heavy atom. The molecule has 0 fully saturated rings. The maximum Gasteiger partial charge on any atom is 0.267 e.